The van der Waals surface area contributed by atoms with Crippen molar-refractivity contribution >= 4 is 18.0 Å². The summed E-state index contributed by atoms with van der Waals surface area (Å²) in [7, 11) is 0. The van der Waals surface area contributed by atoms with Gasteiger partial charge in [0.15, 0.2) is 0 Å². The molecule has 1 aliphatic heterocycles. The maximum Gasteiger partial charge on any atom is 0.407 e. The fourth-order valence-corrected chi connectivity index (χ4v) is 5.96. The number of fused-ring (bicyclic) bond motifs is 3. The van der Waals surface area contributed by atoms with Crippen molar-refractivity contribution < 1.29 is 24.2 Å². The van der Waals surface area contributed by atoms with Crippen molar-refractivity contribution in [1.29, 1.82) is 0 Å². The molecule has 0 spiro atoms. The van der Waals surface area contributed by atoms with E-state index in [0.29, 0.717) is 32.2 Å². The third-order valence-corrected chi connectivity index (χ3v) is 7.85. The molecule has 2 aromatic carbocycles. The van der Waals surface area contributed by atoms with Crippen LogP contribution in [0.25, 0.3) is 11.1 Å². The minimum Gasteiger partial charge on any atom is -0.480 e. The number of nitrogens with one attached hydrogen (secondary N) is 1. The van der Waals surface area contributed by atoms with Gasteiger partial charge in [-0.25, -0.2) is 9.59 Å². The summed E-state index contributed by atoms with van der Waals surface area (Å²) in [5.74, 6) is -1.60. The topological polar surface area (TPSA) is 95.9 Å². The number of carbonyl (C=O) groups is 3. The van der Waals surface area contributed by atoms with Crippen LogP contribution in [0.5, 0.6) is 0 Å². The SMILES string of the molecule is CC1(C(=O)O)CCCN1C(=O)C1CCCC1NC(=O)OCC1c2ccccc2-c2ccccc21. The molecule has 3 atom stereocenters. The van der Waals surface area contributed by atoms with E-state index in [0.717, 1.165) is 17.5 Å². The van der Waals surface area contributed by atoms with Gasteiger partial charge < -0.3 is 20.1 Å². The maximum absolute atomic E-state index is 13.3. The van der Waals surface area contributed by atoms with Crippen molar-refractivity contribution in [3.63, 3.8) is 0 Å². The third kappa shape index (κ3) is 3.73. The molecule has 2 N–H and O–H groups in total. The van der Waals surface area contributed by atoms with Crippen molar-refractivity contribution in [2.75, 3.05) is 13.2 Å². The van der Waals surface area contributed by atoms with E-state index >= 15 is 0 Å². The molecule has 5 rings (SSSR count). The molecule has 1 heterocycles. The van der Waals surface area contributed by atoms with Gasteiger partial charge in [0.1, 0.15) is 12.1 Å². The number of carbonyl (C=O) groups excluding carboxylic acids is 2. The monoisotopic (exact) mass is 462 g/mol. The highest BCUT2D eigenvalue weighted by molar-refractivity contribution is 5.89. The van der Waals surface area contributed by atoms with Gasteiger partial charge in [0.25, 0.3) is 0 Å². The van der Waals surface area contributed by atoms with E-state index in [4.69, 9.17) is 4.74 Å². The smallest absolute Gasteiger partial charge is 0.407 e. The number of benzene rings is 2. The van der Waals surface area contributed by atoms with Crippen LogP contribution >= 0.6 is 0 Å². The molecule has 7 nitrogen and oxygen atoms in total. The predicted octanol–water partition coefficient (Wildman–Crippen LogP) is 4.16. The van der Waals surface area contributed by atoms with E-state index in [1.165, 1.54) is 16.0 Å². The summed E-state index contributed by atoms with van der Waals surface area (Å²) < 4.78 is 5.67. The Morgan fingerprint density at radius 3 is 2.32 bits per heavy atom. The van der Waals surface area contributed by atoms with Crippen molar-refractivity contribution in [1.82, 2.24) is 10.2 Å². The minimum atomic E-state index is -1.17. The summed E-state index contributed by atoms with van der Waals surface area (Å²) in [6, 6.07) is 16.0. The number of nitrogens with zero attached hydrogens (tertiary/aromatic N) is 1. The van der Waals surface area contributed by atoms with E-state index in [1.54, 1.807) is 6.92 Å². The molecule has 2 aliphatic carbocycles. The number of aliphatic carboxylic acids is 1. The highest BCUT2D eigenvalue weighted by atomic mass is 16.5. The van der Waals surface area contributed by atoms with E-state index in [1.807, 2.05) is 24.3 Å². The second-order valence-corrected chi connectivity index (χ2v) is 9.79. The molecular weight excluding hydrogens is 432 g/mol. The van der Waals surface area contributed by atoms with Gasteiger partial charge in [0.2, 0.25) is 5.91 Å². The minimum absolute atomic E-state index is 0.0277. The Hall–Kier alpha value is -3.35. The Morgan fingerprint density at radius 1 is 1.03 bits per heavy atom. The van der Waals surface area contributed by atoms with Crippen molar-refractivity contribution in [2.24, 2.45) is 5.92 Å². The molecule has 2 amide bonds. The first-order chi connectivity index (χ1) is 16.4. The van der Waals surface area contributed by atoms with Gasteiger partial charge in [-0.2, -0.15) is 0 Å². The fourth-order valence-electron chi connectivity index (χ4n) is 5.96. The zero-order chi connectivity index (χ0) is 23.9. The summed E-state index contributed by atoms with van der Waals surface area (Å²) in [6.07, 6.45) is 2.71. The lowest BCUT2D eigenvalue weighted by Gasteiger charge is -2.34. The summed E-state index contributed by atoms with van der Waals surface area (Å²) in [6.45, 7) is 2.27. The van der Waals surface area contributed by atoms with Crippen molar-refractivity contribution in [2.45, 2.75) is 56.5 Å². The summed E-state index contributed by atoms with van der Waals surface area (Å²) in [5.41, 5.74) is 3.45. The molecule has 3 unspecified atom stereocenters. The first-order valence-electron chi connectivity index (χ1n) is 12.1. The maximum atomic E-state index is 13.3. The quantitative estimate of drug-likeness (QED) is 0.696. The van der Waals surface area contributed by atoms with E-state index in [2.05, 4.69) is 29.6 Å². The lowest BCUT2D eigenvalue weighted by molar-refractivity contribution is -0.157. The number of rotatable bonds is 5. The molecule has 1 saturated carbocycles. The molecule has 2 fully saturated rings. The van der Waals surface area contributed by atoms with Gasteiger partial charge in [-0.15, -0.1) is 0 Å². The molecule has 0 aromatic heterocycles. The lowest BCUT2D eigenvalue weighted by atomic mass is 9.95. The molecule has 3 aliphatic rings. The Bertz CT molecular complexity index is 1090. The number of alkyl carbamates (subject to hydrolysis) is 1. The molecule has 0 radical (unpaired) electrons. The van der Waals surface area contributed by atoms with Crippen LogP contribution in [0.4, 0.5) is 4.79 Å². The Kier molecular flexibility index (Phi) is 5.80. The molecule has 34 heavy (non-hydrogen) atoms. The second-order valence-electron chi connectivity index (χ2n) is 9.79. The number of amides is 2. The van der Waals surface area contributed by atoms with Crippen LogP contribution in [0.1, 0.15) is 56.1 Å². The zero-order valence-corrected chi connectivity index (χ0v) is 19.3. The van der Waals surface area contributed by atoms with Gasteiger partial charge in [-0.05, 0) is 54.9 Å². The largest absolute Gasteiger partial charge is 0.480 e. The normalized spacial score (nSPS) is 25.6. The Labute approximate surface area is 199 Å². The number of likely N-dealkylation sites (tertiary alicyclic amines) is 1. The number of hydrogen-bond donors (Lipinski definition) is 2. The highest BCUT2D eigenvalue weighted by Crippen LogP contribution is 2.44. The van der Waals surface area contributed by atoms with Gasteiger partial charge in [-0.1, -0.05) is 55.0 Å². The van der Waals surface area contributed by atoms with Gasteiger partial charge in [0.05, 0.1) is 5.92 Å². The van der Waals surface area contributed by atoms with Crippen LogP contribution in [0.15, 0.2) is 48.5 Å². The van der Waals surface area contributed by atoms with Crippen LogP contribution in [0.2, 0.25) is 0 Å². The van der Waals surface area contributed by atoms with Crippen molar-refractivity contribution in [3.8, 4) is 11.1 Å². The third-order valence-electron chi connectivity index (χ3n) is 7.85. The summed E-state index contributed by atoms with van der Waals surface area (Å²) >= 11 is 0. The van der Waals surface area contributed by atoms with Crippen LogP contribution < -0.4 is 5.32 Å². The predicted molar refractivity (Wildman–Crippen MR) is 126 cm³/mol. The number of carboxylic acids is 1. The lowest BCUT2D eigenvalue weighted by Crippen LogP contribution is -2.54. The molecule has 2 aromatic rings. The van der Waals surface area contributed by atoms with E-state index in [9.17, 15) is 19.5 Å². The van der Waals surface area contributed by atoms with Crippen LogP contribution in [-0.4, -0.2) is 52.7 Å². The Balaban J connectivity index is 1.24. The molecule has 7 heteroatoms. The fraction of sp³-hybridized carbons (Fsp3) is 0.444. The van der Waals surface area contributed by atoms with Gasteiger partial charge >= 0.3 is 12.1 Å². The molecule has 178 valence electrons. The first kappa shape index (κ1) is 22.4. The number of hydrogen-bond acceptors (Lipinski definition) is 4. The highest BCUT2D eigenvalue weighted by Gasteiger charge is 2.49. The number of carboxylic acid groups (broad SMARTS) is 1. The van der Waals surface area contributed by atoms with Crippen LogP contribution in [0.3, 0.4) is 0 Å². The van der Waals surface area contributed by atoms with Gasteiger partial charge in [-0.3, -0.25) is 4.79 Å². The number of ether oxygens (including phenoxy) is 1. The molecule has 0 bridgehead atoms. The van der Waals surface area contributed by atoms with Crippen LogP contribution in [-0.2, 0) is 14.3 Å². The van der Waals surface area contributed by atoms with Gasteiger partial charge in [0, 0.05) is 18.5 Å². The standard InChI is InChI=1S/C27H30N2O5/c1-27(25(31)32)14-7-15-29(27)24(30)21-12-6-13-23(21)28-26(33)34-16-22-19-10-4-2-8-17(19)18-9-3-5-11-20(18)22/h2-5,8-11,21-23H,6-7,12-16H2,1H3,(H,28,33)(H,31,32). The first-order valence-corrected chi connectivity index (χ1v) is 12.1. The molecular formula is C27H30N2O5. The zero-order valence-electron chi connectivity index (χ0n) is 19.3. The average Bonchev–Trinajstić information content (AvgIpc) is 3.54. The Morgan fingerprint density at radius 2 is 1.68 bits per heavy atom. The van der Waals surface area contributed by atoms with Crippen molar-refractivity contribution in [3.05, 3.63) is 59.7 Å². The van der Waals surface area contributed by atoms with E-state index < -0.39 is 23.5 Å². The van der Waals surface area contributed by atoms with Crippen LogP contribution in [0, 0.1) is 5.92 Å². The van der Waals surface area contributed by atoms with E-state index in [-0.39, 0.29) is 24.5 Å². The summed E-state index contributed by atoms with van der Waals surface area (Å²) in [4.78, 5) is 39.3. The molecule has 1 saturated heterocycles. The summed E-state index contributed by atoms with van der Waals surface area (Å²) in [5, 5.41) is 12.6. The second kappa shape index (κ2) is 8.78. The average molecular weight is 463 g/mol.